The zero-order valence-electron chi connectivity index (χ0n) is 5.67. The quantitative estimate of drug-likeness (QED) is 0.530. The van der Waals surface area contributed by atoms with Crippen molar-refractivity contribution < 1.29 is 9.53 Å². The fourth-order valence-electron chi connectivity index (χ4n) is 1.20. The zero-order chi connectivity index (χ0) is 6.69. The molecular formula is C7H12O2. The maximum atomic E-state index is 9.96. The lowest BCUT2D eigenvalue weighted by atomic mass is 9.80. The Kier molecular flexibility index (Phi) is 2.22. The van der Waals surface area contributed by atoms with E-state index in [1.54, 1.807) is 7.11 Å². The van der Waals surface area contributed by atoms with Crippen LogP contribution in [0, 0.1) is 5.92 Å². The van der Waals surface area contributed by atoms with Gasteiger partial charge in [-0.3, -0.25) is 0 Å². The van der Waals surface area contributed by atoms with Gasteiger partial charge in [0.1, 0.15) is 6.29 Å². The van der Waals surface area contributed by atoms with Crippen LogP contribution in [0.5, 0.6) is 0 Å². The molecule has 0 spiro atoms. The summed E-state index contributed by atoms with van der Waals surface area (Å²) in [6, 6.07) is 0. The van der Waals surface area contributed by atoms with Crippen LogP contribution in [0.3, 0.4) is 0 Å². The first-order valence-electron chi connectivity index (χ1n) is 3.33. The van der Waals surface area contributed by atoms with Crippen LogP contribution in [0.2, 0.25) is 0 Å². The van der Waals surface area contributed by atoms with Crippen LogP contribution in [-0.4, -0.2) is 19.5 Å². The van der Waals surface area contributed by atoms with Crippen molar-refractivity contribution >= 4 is 6.29 Å². The van der Waals surface area contributed by atoms with E-state index in [2.05, 4.69) is 0 Å². The molecule has 0 N–H and O–H groups in total. The molecule has 0 aromatic heterocycles. The standard InChI is InChI=1S/C7H12O2/c1-9-7-4-6(5-7)2-3-8/h3,6-7H,2,4-5H2,1H3. The third-order valence-corrected chi connectivity index (χ3v) is 1.96. The molecular weight excluding hydrogens is 116 g/mol. The molecule has 0 aliphatic heterocycles. The van der Waals surface area contributed by atoms with Gasteiger partial charge in [-0.2, -0.15) is 0 Å². The van der Waals surface area contributed by atoms with E-state index in [1.807, 2.05) is 0 Å². The number of carbonyl (C=O) groups is 1. The lowest BCUT2D eigenvalue weighted by Gasteiger charge is -2.32. The molecule has 0 saturated heterocycles. The molecule has 0 bridgehead atoms. The number of ether oxygens (including phenoxy) is 1. The lowest BCUT2D eigenvalue weighted by Crippen LogP contribution is -2.30. The zero-order valence-corrected chi connectivity index (χ0v) is 5.67. The molecule has 0 amide bonds. The summed E-state index contributed by atoms with van der Waals surface area (Å²) in [4.78, 5) is 9.96. The first kappa shape index (κ1) is 6.75. The Morgan fingerprint density at radius 3 is 2.78 bits per heavy atom. The number of hydrogen-bond acceptors (Lipinski definition) is 2. The molecule has 0 radical (unpaired) electrons. The van der Waals surface area contributed by atoms with Gasteiger partial charge in [-0.05, 0) is 18.8 Å². The van der Waals surface area contributed by atoms with Gasteiger partial charge in [0.05, 0.1) is 6.10 Å². The number of aldehydes is 1. The van der Waals surface area contributed by atoms with Crippen molar-refractivity contribution in [3.63, 3.8) is 0 Å². The Bertz CT molecular complexity index is 95.1. The minimum absolute atomic E-state index is 0.440. The molecule has 1 aliphatic carbocycles. The van der Waals surface area contributed by atoms with E-state index in [0.29, 0.717) is 12.0 Å². The monoisotopic (exact) mass is 128 g/mol. The average molecular weight is 128 g/mol. The number of hydrogen-bond donors (Lipinski definition) is 0. The highest BCUT2D eigenvalue weighted by Gasteiger charge is 2.27. The molecule has 1 saturated carbocycles. The van der Waals surface area contributed by atoms with E-state index < -0.39 is 0 Å². The van der Waals surface area contributed by atoms with E-state index in [0.717, 1.165) is 25.5 Å². The normalized spacial score (nSPS) is 33.4. The van der Waals surface area contributed by atoms with Gasteiger partial charge >= 0.3 is 0 Å². The summed E-state index contributed by atoms with van der Waals surface area (Å²) < 4.78 is 5.05. The van der Waals surface area contributed by atoms with E-state index in [4.69, 9.17) is 4.74 Å². The van der Waals surface area contributed by atoms with Crippen molar-refractivity contribution in [2.24, 2.45) is 5.92 Å². The van der Waals surface area contributed by atoms with Crippen molar-refractivity contribution in [3.05, 3.63) is 0 Å². The first-order valence-corrected chi connectivity index (χ1v) is 3.33. The van der Waals surface area contributed by atoms with Gasteiger partial charge < -0.3 is 9.53 Å². The van der Waals surface area contributed by atoms with Gasteiger partial charge in [-0.15, -0.1) is 0 Å². The molecule has 2 heteroatoms. The molecule has 9 heavy (non-hydrogen) atoms. The van der Waals surface area contributed by atoms with E-state index >= 15 is 0 Å². The summed E-state index contributed by atoms with van der Waals surface area (Å²) in [5.41, 5.74) is 0. The molecule has 0 unspecified atom stereocenters. The fourth-order valence-corrected chi connectivity index (χ4v) is 1.20. The summed E-state index contributed by atoms with van der Waals surface area (Å²) >= 11 is 0. The Morgan fingerprint density at radius 1 is 1.67 bits per heavy atom. The van der Waals surface area contributed by atoms with Crippen molar-refractivity contribution in [3.8, 4) is 0 Å². The van der Waals surface area contributed by atoms with Crippen LogP contribution < -0.4 is 0 Å². The van der Waals surface area contributed by atoms with E-state index in [1.165, 1.54) is 0 Å². The molecule has 52 valence electrons. The van der Waals surface area contributed by atoms with Crippen molar-refractivity contribution in [1.29, 1.82) is 0 Å². The van der Waals surface area contributed by atoms with Gasteiger partial charge in [0, 0.05) is 13.5 Å². The van der Waals surface area contributed by atoms with Gasteiger partial charge in [0.2, 0.25) is 0 Å². The highest BCUT2D eigenvalue weighted by Crippen LogP contribution is 2.31. The van der Waals surface area contributed by atoms with Gasteiger partial charge in [0.25, 0.3) is 0 Å². The minimum Gasteiger partial charge on any atom is -0.381 e. The second kappa shape index (κ2) is 2.97. The highest BCUT2D eigenvalue weighted by molar-refractivity contribution is 5.50. The van der Waals surface area contributed by atoms with Crippen molar-refractivity contribution in [1.82, 2.24) is 0 Å². The second-order valence-electron chi connectivity index (χ2n) is 2.60. The summed E-state index contributed by atoms with van der Waals surface area (Å²) in [5.74, 6) is 0.618. The Morgan fingerprint density at radius 2 is 2.33 bits per heavy atom. The van der Waals surface area contributed by atoms with Crippen LogP contribution in [-0.2, 0) is 9.53 Å². The third-order valence-electron chi connectivity index (χ3n) is 1.96. The van der Waals surface area contributed by atoms with Crippen LogP contribution in [0.1, 0.15) is 19.3 Å². The topological polar surface area (TPSA) is 26.3 Å². The van der Waals surface area contributed by atoms with E-state index in [-0.39, 0.29) is 0 Å². The van der Waals surface area contributed by atoms with Crippen LogP contribution >= 0.6 is 0 Å². The molecule has 2 nitrogen and oxygen atoms in total. The first-order chi connectivity index (χ1) is 4.36. The molecule has 0 aromatic rings. The summed E-state index contributed by atoms with van der Waals surface area (Å²) in [7, 11) is 1.72. The van der Waals surface area contributed by atoms with Crippen molar-refractivity contribution in [2.75, 3.05) is 7.11 Å². The molecule has 0 atom stereocenters. The summed E-state index contributed by atoms with van der Waals surface area (Å²) in [5, 5.41) is 0. The number of carbonyl (C=O) groups excluding carboxylic acids is 1. The van der Waals surface area contributed by atoms with Crippen LogP contribution in [0.4, 0.5) is 0 Å². The Hall–Kier alpha value is -0.370. The molecule has 0 heterocycles. The van der Waals surface area contributed by atoms with Crippen LogP contribution in [0.15, 0.2) is 0 Å². The van der Waals surface area contributed by atoms with Gasteiger partial charge in [-0.1, -0.05) is 0 Å². The fraction of sp³-hybridized carbons (Fsp3) is 0.857. The average Bonchev–Trinajstić information content (AvgIpc) is 1.77. The lowest BCUT2D eigenvalue weighted by molar-refractivity contribution is -0.110. The minimum atomic E-state index is 0.440. The number of methoxy groups -OCH3 is 1. The molecule has 1 aliphatic rings. The predicted molar refractivity (Wildman–Crippen MR) is 34.2 cm³/mol. The summed E-state index contributed by atoms with van der Waals surface area (Å²) in [6.07, 6.45) is 4.32. The number of rotatable bonds is 3. The molecule has 0 aromatic carbocycles. The third kappa shape index (κ3) is 1.52. The second-order valence-corrected chi connectivity index (χ2v) is 2.60. The largest absolute Gasteiger partial charge is 0.381 e. The van der Waals surface area contributed by atoms with E-state index in [9.17, 15) is 4.79 Å². The molecule has 1 rings (SSSR count). The summed E-state index contributed by atoms with van der Waals surface area (Å²) in [6.45, 7) is 0. The Balaban J connectivity index is 2.04. The SMILES string of the molecule is COC1CC(CC=O)C1. The van der Waals surface area contributed by atoms with Gasteiger partial charge in [0.15, 0.2) is 0 Å². The van der Waals surface area contributed by atoms with Crippen molar-refractivity contribution in [2.45, 2.75) is 25.4 Å². The maximum Gasteiger partial charge on any atom is 0.120 e. The smallest absolute Gasteiger partial charge is 0.120 e. The highest BCUT2D eigenvalue weighted by atomic mass is 16.5. The van der Waals surface area contributed by atoms with Crippen LogP contribution in [0.25, 0.3) is 0 Å². The maximum absolute atomic E-state index is 9.96. The van der Waals surface area contributed by atoms with Gasteiger partial charge in [-0.25, -0.2) is 0 Å². The molecule has 1 fully saturated rings. The predicted octanol–water partition coefficient (Wildman–Crippen LogP) is 1.00. The Labute approximate surface area is 55.2 Å².